The average molecular weight is 339 g/mol. The second kappa shape index (κ2) is 6.76. The maximum absolute atomic E-state index is 12.1. The summed E-state index contributed by atoms with van der Waals surface area (Å²) in [6.45, 7) is 6.11. The van der Waals surface area contributed by atoms with Crippen molar-refractivity contribution in [1.29, 1.82) is 0 Å². The second-order valence-electron chi connectivity index (χ2n) is 6.14. The van der Waals surface area contributed by atoms with Gasteiger partial charge in [-0.1, -0.05) is 12.1 Å². The van der Waals surface area contributed by atoms with Crippen LogP contribution in [0, 0.1) is 0 Å². The van der Waals surface area contributed by atoms with Crippen molar-refractivity contribution in [1.82, 2.24) is 9.71 Å². The van der Waals surface area contributed by atoms with E-state index < -0.39 is 15.6 Å². The van der Waals surface area contributed by atoms with Gasteiger partial charge in [-0.3, -0.25) is 0 Å². The molecule has 2 rings (SSSR count). The number of hydrogen-bond acceptors (Lipinski definition) is 5. The summed E-state index contributed by atoms with van der Waals surface area (Å²) in [7, 11) is -3.36. The molecule has 2 N–H and O–H groups in total. The molecule has 7 heteroatoms. The Labute approximate surface area is 135 Å². The molecule has 0 aliphatic carbocycles. The molecule has 1 heterocycles. The zero-order valence-electron chi connectivity index (χ0n) is 13.0. The number of hydrogen-bond donors (Lipinski definition) is 2. The molecule has 0 saturated carbocycles. The highest BCUT2D eigenvalue weighted by Crippen LogP contribution is 2.15. The van der Waals surface area contributed by atoms with Crippen molar-refractivity contribution in [2.45, 2.75) is 38.6 Å². The molecule has 2 aromatic rings. The van der Waals surface area contributed by atoms with Crippen LogP contribution in [0.25, 0.3) is 0 Å². The molecule has 0 bridgehead atoms. The van der Waals surface area contributed by atoms with Gasteiger partial charge in [0.2, 0.25) is 10.0 Å². The summed E-state index contributed by atoms with van der Waals surface area (Å²) < 4.78 is 26.9. The van der Waals surface area contributed by atoms with E-state index in [2.05, 4.69) is 15.0 Å². The average Bonchev–Trinajstić information content (AvgIpc) is 2.86. The Morgan fingerprint density at radius 3 is 2.68 bits per heavy atom. The molecule has 0 atom stereocenters. The van der Waals surface area contributed by atoms with Crippen LogP contribution in [-0.4, -0.2) is 18.9 Å². The molecule has 0 saturated heterocycles. The Kier molecular flexibility index (Phi) is 5.20. The van der Waals surface area contributed by atoms with E-state index in [0.717, 1.165) is 16.9 Å². The molecule has 0 aliphatic rings. The predicted molar refractivity (Wildman–Crippen MR) is 91.4 cm³/mol. The minimum absolute atomic E-state index is 0.0313. The van der Waals surface area contributed by atoms with E-state index in [1.165, 1.54) is 0 Å². The topological polar surface area (TPSA) is 71.1 Å². The van der Waals surface area contributed by atoms with Crippen molar-refractivity contribution in [3.63, 3.8) is 0 Å². The van der Waals surface area contributed by atoms with E-state index in [0.29, 0.717) is 6.54 Å². The zero-order valence-corrected chi connectivity index (χ0v) is 14.6. The fourth-order valence-electron chi connectivity index (χ4n) is 2.01. The van der Waals surface area contributed by atoms with Crippen LogP contribution >= 0.6 is 11.3 Å². The highest BCUT2D eigenvalue weighted by atomic mass is 32.2. The number of nitrogens with zero attached hydrogens (tertiary/aromatic N) is 1. The van der Waals surface area contributed by atoms with Gasteiger partial charge in [-0.2, -0.15) is 0 Å². The Hall–Kier alpha value is -1.44. The smallest absolute Gasteiger partial charge is 0.216 e. The SMILES string of the molecule is CC(C)(C)NS(=O)(=O)Cc1cccc(NCc2cscn2)c1. The molecule has 0 radical (unpaired) electrons. The van der Waals surface area contributed by atoms with Gasteiger partial charge in [-0.05, 0) is 38.5 Å². The zero-order chi connectivity index (χ0) is 16.2. The van der Waals surface area contributed by atoms with Gasteiger partial charge in [0.1, 0.15) is 0 Å². The normalized spacial score (nSPS) is 12.3. The summed E-state index contributed by atoms with van der Waals surface area (Å²) in [5, 5.41) is 5.23. The van der Waals surface area contributed by atoms with Crippen molar-refractivity contribution in [2.24, 2.45) is 0 Å². The van der Waals surface area contributed by atoms with Gasteiger partial charge in [0, 0.05) is 16.6 Å². The number of thiazole rings is 1. The minimum Gasteiger partial charge on any atom is -0.379 e. The summed E-state index contributed by atoms with van der Waals surface area (Å²) in [4.78, 5) is 4.20. The Bertz CT molecular complexity index is 705. The van der Waals surface area contributed by atoms with Crippen LogP contribution in [0.1, 0.15) is 32.0 Å². The number of sulfonamides is 1. The van der Waals surface area contributed by atoms with Gasteiger partial charge in [0.05, 0.1) is 23.5 Å². The molecule has 120 valence electrons. The van der Waals surface area contributed by atoms with Gasteiger partial charge in [0.25, 0.3) is 0 Å². The molecule has 0 unspecified atom stereocenters. The highest BCUT2D eigenvalue weighted by Gasteiger charge is 2.20. The first-order valence-corrected chi connectivity index (χ1v) is 9.55. The number of rotatable bonds is 6. The molecule has 0 spiro atoms. The Morgan fingerprint density at radius 2 is 2.05 bits per heavy atom. The molecule has 1 aromatic carbocycles. The van der Waals surface area contributed by atoms with Crippen LogP contribution in [0.3, 0.4) is 0 Å². The Morgan fingerprint density at radius 1 is 1.27 bits per heavy atom. The first kappa shape index (κ1) is 16.9. The van der Waals surface area contributed by atoms with E-state index in [-0.39, 0.29) is 5.75 Å². The van der Waals surface area contributed by atoms with Crippen LogP contribution < -0.4 is 10.0 Å². The standard InChI is InChI=1S/C15H21N3O2S2/c1-15(2,3)18-22(19,20)10-12-5-4-6-13(7-12)16-8-14-9-21-11-17-14/h4-7,9,11,16,18H,8,10H2,1-3H3. The highest BCUT2D eigenvalue weighted by molar-refractivity contribution is 7.88. The lowest BCUT2D eigenvalue weighted by atomic mass is 10.1. The third-order valence-corrected chi connectivity index (χ3v) is 4.97. The summed E-state index contributed by atoms with van der Waals surface area (Å²) in [5.41, 5.74) is 3.92. The molecule has 5 nitrogen and oxygen atoms in total. The predicted octanol–water partition coefficient (Wildman–Crippen LogP) is 2.97. The van der Waals surface area contributed by atoms with Gasteiger partial charge in [-0.25, -0.2) is 18.1 Å². The molecule has 1 aromatic heterocycles. The van der Waals surface area contributed by atoms with Crippen LogP contribution in [0.15, 0.2) is 35.2 Å². The monoisotopic (exact) mass is 339 g/mol. The van der Waals surface area contributed by atoms with Crippen molar-refractivity contribution < 1.29 is 8.42 Å². The van der Waals surface area contributed by atoms with Crippen molar-refractivity contribution in [3.05, 3.63) is 46.4 Å². The molecular formula is C15H21N3O2S2. The maximum atomic E-state index is 12.1. The molecule has 0 amide bonds. The number of nitrogens with one attached hydrogen (secondary N) is 2. The van der Waals surface area contributed by atoms with Gasteiger partial charge in [0.15, 0.2) is 0 Å². The van der Waals surface area contributed by atoms with Gasteiger partial charge >= 0.3 is 0 Å². The minimum atomic E-state index is -3.36. The lowest BCUT2D eigenvalue weighted by Crippen LogP contribution is -2.41. The largest absolute Gasteiger partial charge is 0.379 e. The quantitative estimate of drug-likeness (QED) is 0.849. The maximum Gasteiger partial charge on any atom is 0.216 e. The molecular weight excluding hydrogens is 318 g/mol. The summed E-state index contributed by atoms with van der Waals surface area (Å²) >= 11 is 1.55. The summed E-state index contributed by atoms with van der Waals surface area (Å²) in [5.74, 6) is -0.0313. The van der Waals surface area contributed by atoms with E-state index >= 15 is 0 Å². The van der Waals surface area contributed by atoms with Crippen LogP contribution in [-0.2, 0) is 22.3 Å². The van der Waals surface area contributed by atoms with Gasteiger partial charge in [-0.15, -0.1) is 11.3 Å². The van der Waals surface area contributed by atoms with E-state index in [9.17, 15) is 8.42 Å². The summed E-state index contributed by atoms with van der Waals surface area (Å²) in [6.07, 6.45) is 0. The fourth-order valence-corrected chi connectivity index (χ4v) is 4.19. The molecule has 0 fully saturated rings. The lowest BCUT2D eigenvalue weighted by molar-refractivity contribution is 0.491. The first-order valence-electron chi connectivity index (χ1n) is 6.95. The van der Waals surface area contributed by atoms with E-state index in [1.807, 2.05) is 50.4 Å². The third-order valence-electron chi connectivity index (χ3n) is 2.70. The Balaban J connectivity index is 2.02. The van der Waals surface area contributed by atoms with Crippen molar-refractivity contribution >= 4 is 27.0 Å². The number of anilines is 1. The number of benzene rings is 1. The molecule has 0 aliphatic heterocycles. The second-order valence-corrected chi connectivity index (χ2v) is 8.59. The number of aromatic nitrogens is 1. The van der Waals surface area contributed by atoms with E-state index in [1.54, 1.807) is 16.8 Å². The summed E-state index contributed by atoms with van der Waals surface area (Å²) in [6, 6.07) is 7.44. The lowest BCUT2D eigenvalue weighted by Gasteiger charge is -2.20. The van der Waals surface area contributed by atoms with Crippen molar-refractivity contribution in [2.75, 3.05) is 5.32 Å². The van der Waals surface area contributed by atoms with Crippen LogP contribution in [0.2, 0.25) is 0 Å². The van der Waals surface area contributed by atoms with E-state index in [4.69, 9.17) is 0 Å². The van der Waals surface area contributed by atoms with Crippen molar-refractivity contribution in [3.8, 4) is 0 Å². The third kappa shape index (κ3) is 5.75. The van der Waals surface area contributed by atoms with Gasteiger partial charge < -0.3 is 5.32 Å². The molecule has 22 heavy (non-hydrogen) atoms. The first-order chi connectivity index (χ1) is 10.2. The van der Waals surface area contributed by atoms with Crippen LogP contribution in [0.5, 0.6) is 0 Å². The van der Waals surface area contributed by atoms with Crippen LogP contribution in [0.4, 0.5) is 5.69 Å². The fraction of sp³-hybridized carbons (Fsp3) is 0.400.